The number of nitrogens with one attached hydrogen (secondary N) is 1. The normalized spacial score (nSPS) is 15.7. The van der Waals surface area contributed by atoms with Gasteiger partial charge < -0.3 is 10.2 Å². The summed E-state index contributed by atoms with van der Waals surface area (Å²) in [5, 5.41) is 3.02. The molecule has 2 amide bonds. The van der Waals surface area contributed by atoms with Crippen molar-refractivity contribution in [2.24, 2.45) is 0 Å². The second kappa shape index (κ2) is 8.17. The molecule has 0 aromatic heterocycles. The zero-order chi connectivity index (χ0) is 17.6. The number of anilines is 1. The number of carbonyl (C=O) groups is 1. The van der Waals surface area contributed by atoms with Gasteiger partial charge in [0.1, 0.15) is 0 Å². The Morgan fingerprint density at radius 2 is 1.72 bits per heavy atom. The van der Waals surface area contributed by atoms with Gasteiger partial charge in [0.2, 0.25) is 0 Å². The first-order valence-electron chi connectivity index (χ1n) is 9.01. The quantitative estimate of drug-likeness (QED) is 0.917. The predicted octanol–water partition coefficient (Wildman–Crippen LogP) is 4.04. The molecule has 2 aromatic rings. The summed E-state index contributed by atoms with van der Waals surface area (Å²) in [6.45, 7) is 8.63. The minimum atomic E-state index is 0.00278. The molecule has 25 heavy (non-hydrogen) atoms. The molecule has 0 bridgehead atoms. The fourth-order valence-electron chi connectivity index (χ4n) is 3.33. The van der Waals surface area contributed by atoms with Crippen LogP contribution in [0.3, 0.4) is 0 Å². The molecule has 0 unspecified atom stereocenters. The van der Waals surface area contributed by atoms with E-state index in [9.17, 15) is 4.79 Å². The Morgan fingerprint density at radius 1 is 0.960 bits per heavy atom. The van der Waals surface area contributed by atoms with Crippen molar-refractivity contribution in [1.82, 2.24) is 9.80 Å². The Labute approximate surface area is 150 Å². The summed E-state index contributed by atoms with van der Waals surface area (Å²) in [5.74, 6) is 0. The number of carbonyl (C=O) groups excluding carboxylic acids is 1. The van der Waals surface area contributed by atoms with Gasteiger partial charge in [0.15, 0.2) is 0 Å². The molecule has 1 aliphatic rings. The van der Waals surface area contributed by atoms with Crippen LogP contribution >= 0.6 is 0 Å². The summed E-state index contributed by atoms with van der Waals surface area (Å²) >= 11 is 0. The van der Waals surface area contributed by atoms with E-state index < -0.39 is 0 Å². The Morgan fingerprint density at radius 3 is 2.48 bits per heavy atom. The lowest BCUT2D eigenvalue weighted by Gasteiger charge is -2.22. The lowest BCUT2D eigenvalue weighted by Crippen LogP contribution is -2.38. The summed E-state index contributed by atoms with van der Waals surface area (Å²) in [6.07, 6.45) is 1.01. The lowest BCUT2D eigenvalue weighted by atomic mass is 10.1. The van der Waals surface area contributed by atoms with Gasteiger partial charge in [-0.3, -0.25) is 4.90 Å². The van der Waals surface area contributed by atoms with Crippen molar-refractivity contribution in [3.05, 3.63) is 65.2 Å². The Balaban J connectivity index is 1.55. The van der Waals surface area contributed by atoms with Crippen molar-refractivity contribution >= 4 is 11.7 Å². The second-order valence-corrected chi connectivity index (χ2v) is 6.91. The molecule has 0 saturated carbocycles. The first-order valence-corrected chi connectivity index (χ1v) is 9.01. The highest BCUT2D eigenvalue weighted by molar-refractivity contribution is 5.89. The molecule has 1 N–H and O–H groups in total. The smallest absolute Gasteiger partial charge is 0.321 e. The molecule has 2 aromatic carbocycles. The summed E-state index contributed by atoms with van der Waals surface area (Å²) in [5.41, 5.74) is 4.66. The molecule has 0 spiro atoms. The first-order chi connectivity index (χ1) is 12.1. The number of aryl methyl sites for hydroxylation is 2. The topological polar surface area (TPSA) is 35.6 Å². The highest BCUT2D eigenvalue weighted by atomic mass is 16.2. The van der Waals surface area contributed by atoms with Crippen LogP contribution in [0.25, 0.3) is 0 Å². The molecular weight excluding hydrogens is 310 g/mol. The molecule has 0 atom stereocenters. The van der Waals surface area contributed by atoms with Crippen LogP contribution in [0.2, 0.25) is 0 Å². The van der Waals surface area contributed by atoms with Crippen LogP contribution in [0, 0.1) is 13.8 Å². The SMILES string of the molecule is Cc1cccc(CN2CCCN(C(=O)Nc3cccc(C)c3)CC2)c1. The van der Waals surface area contributed by atoms with E-state index in [0.717, 1.165) is 50.4 Å². The maximum atomic E-state index is 12.5. The van der Waals surface area contributed by atoms with Gasteiger partial charge in [-0.15, -0.1) is 0 Å². The third kappa shape index (κ3) is 5.07. The van der Waals surface area contributed by atoms with Gasteiger partial charge in [-0.2, -0.15) is 0 Å². The minimum Gasteiger partial charge on any atom is -0.323 e. The Hall–Kier alpha value is -2.33. The van der Waals surface area contributed by atoms with Gasteiger partial charge in [-0.25, -0.2) is 4.79 Å². The predicted molar refractivity (Wildman–Crippen MR) is 103 cm³/mol. The largest absolute Gasteiger partial charge is 0.323 e. The lowest BCUT2D eigenvalue weighted by molar-refractivity contribution is 0.211. The number of rotatable bonds is 3. The van der Waals surface area contributed by atoms with E-state index in [4.69, 9.17) is 0 Å². The molecule has 4 nitrogen and oxygen atoms in total. The second-order valence-electron chi connectivity index (χ2n) is 6.91. The minimum absolute atomic E-state index is 0.00278. The molecule has 1 aliphatic heterocycles. The number of hydrogen-bond acceptors (Lipinski definition) is 2. The molecular formula is C21H27N3O. The van der Waals surface area contributed by atoms with Crippen LogP contribution in [-0.2, 0) is 6.54 Å². The Kier molecular flexibility index (Phi) is 5.71. The summed E-state index contributed by atoms with van der Waals surface area (Å²) < 4.78 is 0. The molecule has 1 fully saturated rings. The van der Waals surface area contributed by atoms with E-state index in [1.54, 1.807) is 0 Å². The average Bonchev–Trinajstić information content (AvgIpc) is 2.80. The van der Waals surface area contributed by atoms with Crippen LogP contribution in [0.5, 0.6) is 0 Å². The first kappa shape index (κ1) is 17.5. The third-order valence-electron chi connectivity index (χ3n) is 4.63. The fraction of sp³-hybridized carbons (Fsp3) is 0.381. The molecule has 1 heterocycles. The van der Waals surface area contributed by atoms with Crippen LogP contribution in [-0.4, -0.2) is 42.0 Å². The van der Waals surface area contributed by atoms with Crippen LogP contribution < -0.4 is 5.32 Å². The standard InChI is InChI=1S/C21H27N3O/c1-17-6-3-8-19(14-17)16-23-10-5-11-24(13-12-23)21(25)22-20-9-4-7-18(2)15-20/h3-4,6-9,14-15H,5,10-13,16H2,1-2H3,(H,22,25). The summed E-state index contributed by atoms with van der Waals surface area (Å²) in [7, 11) is 0. The van der Waals surface area contributed by atoms with Crippen LogP contribution in [0.15, 0.2) is 48.5 Å². The van der Waals surface area contributed by atoms with E-state index in [0.29, 0.717) is 0 Å². The van der Waals surface area contributed by atoms with Gasteiger partial charge in [-0.1, -0.05) is 42.0 Å². The van der Waals surface area contributed by atoms with Gasteiger partial charge in [-0.05, 0) is 43.5 Å². The van der Waals surface area contributed by atoms with E-state index >= 15 is 0 Å². The molecule has 1 saturated heterocycles. The van der Waals surface area contributed by atoms with Crippen molar-refractivity contribution in [2.75, 3.05) is 31.5 Å². The van der Waals surface area contributed by atoms with E-state index in [1.807, 2.05) is 36.1 Å². The summed E-state index contributed by atoms with van der Waals surface area (Å²) in [4.78, 5) is 16.9. The number of urea groups is 1. The van der Waals surface area contributed by atoms with Gasteiger partial charge in [0.25, 0.3) is 0 Å². The summed E-state index contributed by atoms with van der Waals surface area (Å²) in [6, 6.07) is 16.6. The monoisotopic (exact) mass is 337 g/mol. The fourth-order valence-corrected chi connectivity index (χ4v) is 3.33. The van der Waals surface area contributed by atoms with Crippen molar-refractivity contribution < 1.29 is 4.79 Å². The van der Waals surface area contributed by atoms with Gasteiger partial charge >= 0.3 is 6.03 Å². The number of benzene rings is 2. The van der Waals surface area contributed by atoms with Crippen LogP contribution in [0.1, 0.15) is 23.1 Å². The number of amides is 2. The molecule has 0 radical (unpaired) electrons. The Bertz CT molecular complexity index is 729. The van der Waals surface area contributed by atoms with Crippen molar-refractivity contribution in [2.45, 2.75) is 26.8 Å². The van der Waals surface area contributed by atoms with Crippen molar-refractivity contribution in [3.63, 3.8) is 0 Å². The highest BCUT2D eigenvalue weighted by Gasteiger charge is 2.19. The molecule has 132 valence electrons. The maximum absolute atomic E-state index is 12.5. The van der Waals surface area contributed by atoms with Crippen molar-refractivity contribution in [1.29, 1.82) is 0 Å². The van der Waals surface area contributed by atoms with Gasteiger partial charge in [0, 0.05) is 38.4 Å². The molecule has 0 aliphatic carbocycles. The number of hydrogen-bond donors (Lipinski definition) is 1. The van der Waals surface area contributed by atoms with Gasteiger partial charge in [0.05, 0.1) is 0 Å². The van der Waals surface area contributed by atoms with E-state index in [-0.39, 0.29) is 6.03 Å². The van der Waals surface area contributed by atoms with Crippen LogP contribution in [0.4, 0.5) is 10.5 Å². The molecule has 4 heteroatoms. The third-order valence-corrected chi connectivity index (χ3v) is 4.63. The highest BCUT2D eigenvalue weighted by Crippen LogP contribution is 2.13. The van der Waals surface area contributed by atoms with E-state index in [1.165, 1.54) is 11.1 Å². The average molecular weight is 337 g/mol. The zero-order valence-corrected chi connectivity index (χ0v) is 15.2. The maximum Gasteiger partial charge on any atom is 0.321 e. The van der Waals surface area contributed by atoms with E-state index in [2.05, 4.69) is 41.4 Å². The number of nitrogens with zero attached hydrogens (tertiary/aromatic N) is 2. The zero-order valence-electron chi connectivity index (χ0n) is 15.2. The molecule has 3 rings (SSSR count). The van der Waals surface area contributed by atoms with Crippen molar-refractivity contribution in [3.8, 4) is 0 Å².